The van der Waals surface area contributed by atoms with E-state index in [0.29, 0.717) is 26.3 Å². The van der Waals surface area contributed by atoms with Crippen LogP contribution < -0.4 is 10.6 Å². The van der Waals surface area contributed by atoms with Gasteiger partial charge in [0.05, 0.1) is 25.7 Å². The number of halogens is 1. The summed E-state index contributed by atoms with van der Waals surface area (Å²) in [4.78, 5) is 24.9. The second kappa shape index (κ2) is 6.78. The van der Waals surface area contributed by atoms with E-state index in [9.17, 15) is 9.59 Å². The van der Waals surface area contributed by atoms with E-state index in [2.05, 4.69) is 10.6 Å². The van der Waals surface area contributed by atoms with Gasteiger partial charge in [0.2, 0.25) is 11.8 Å². The van der Waals surface area contributed by atoms with E-state index >= 15 is 0 Å². The predicted molar refractivity (Wildman–Crippen MR) is 64.0 cm³/mol. The number of hydrogen-bond acceptors (Lipinski definition) is 4. The Bertz CT molecular complexity index is 278. The average Bonchev–Trinajstić information content (AvgIpc) is 2.25. The Morgan fingerprint density at radius 2 is 1.94 bits per heavy atom. The lowest BCUT2D eigenvalue weighted by Gasteiger charge is -2.28. The number of amides is 2. The van der Waals surface area contributed by atoms with Gasteiger partial charge in [-0.3, -0.25) is 9.59 Å². The minimum atomic E-state index is -0.0274. The Balaban J connectivity index is 0.00000144. The Morgan fingerprint density at radius 3 is 2.47 bits per heavy atom. The fourth-order valence-electron chi connectivity index (χ4n) is 1.71. The molecular formula is C10H18ClN3O3. The maximum Gasteiger partial charge on any atom is 0.242 e. The number of carbonyl (C=O) groups excluding carboxylic acids is 2. The molecule has 0 radical (unpaired) electrons. The third-order valence-corrected chi connectivity index (χ3v) is 2.93. The van der Waals surface area contributed by atoms with Crippen LogP contribution in [0.25, 0.3) is 0 Å². The Morgan fingerprint density at radius 1 is 1.29 bits per heavy atom. The molecule has 2 fully saturated rings. The molecule has 2 heterocycles. The number of nitrogens with zero attached hydrogens (tertiary/aromatic N) is 1. The van der Waals surface area contributed by atoms with Crippen molar-refractivity contribution >= 4 is 24.2 Å². The SMILES string of the molecule is Cl.O=C(NCC(=O)N1CCOCC1)C1CNC1. The third-order valence-electron chi connectivity index (χ3n) is 2.93. The molecule has 7 heteroatoms. The van der Waals surface area contributed by atoms with E-state index in [0.717, 1.165) is 13.1 Å². The molecule has 0 aromatic rings. The highest BCUT2D eigenvalue weighted by molar-refractivity contribution is 5.86. The molecule has 2 saturated heterocycles. The molecule has 98 valence electrons. The first-order valence-electron chi connectivity index (χ1n) is 5.61. The minimum absolute atomic E-state index is 0. The van der Waals surface area contributed by atoms with Gasteiger partial charge in [-0.1, -0.05) is 0 Å². The zero-order valence-electron chi connectivity index (χ0n) is 9.61. The van der Waals surface area contributed by atoms with E-state index < -0.39 is 0 Å². The van der Waals surface area contributed by atoms with Gasteiger partial charge in [0.25, 0.3) is 0 Å². The maximum absolute atomic E-state index is 11.7. The molecule has 0 aromatic heterocycles. The fourth-order valence-corrected chi connectivity index (χ4v) is 1.71. The van der Waals surface area contributed by atoms with Crippen molar-refractivity contribution < 1.29 is 14.3 Å². The molecule has 17 heavy (non-hydrogen) atoms. The molecule has 0 saturated carbocycles. The molecule has 6 nitrogen and oxygen atoms in total. The summed E-state index contributed by atoms with van der Waals surface area (Å²) in [5.74, 6) is -0.0122. The van der Waals surface area contributed by atoms with E-state index in [1.165, 1.54) is 0 Å². The summed E-state index contributed by atoms with van der Waals surface area (Å²) >= 11 is 0. The second-order valence-corrected chi connectivity index (χ2v) is 4.07. The first-order chi connectivity index (χ1) is 7.77. The molecule has 0 aliphatic carbocycles. The topological polar surface area (TPSA) is 70.7 Å². The van der Waals surface area contributed by atoms with Crippen LogP contribution in [0.2, 0.25) is 0 Å². The van der Waals surface area contributed by atoms with Crippen molar-refractivity contribution in [3.63, 3.8) is 0 Å². The largest absolute Gasteiger partial charge is 0.378 e. The molecule has 0 bridgehead atoms. The Labute approximate surface area is 106 Å². The normalized spacial score (nSPS) is 20.1. The molecule has 0 aromatic carbocycles. The van der Waals surface area contributed by atoms with Gasteiger partial charge in [-0.2, -0.15) is 0 Å². The van der Waals surface area contributed by atoms with Crippen LogP contribution >= 0.6 is 12.4 Å². The smallest absolute Gasteiger partial charge is 0.242 e. The average molecular weight is 264 g/mol. The number of carbonyl (C=O) groups is 2. The van der Waals surface area contributed by atoms with Crippen molar-refractivity contribution in [3.8, 4) is 0 Å². The van der Waals surface area contributed by atoms with Crippen LogP contribution in [0.1, 0.15) is 0 Å². The quantitative estimate of drug-likeness (QED) is 0.657. The highest BCUT2D eigenvalue weighted by atomic mass is 35.5. The molecule has 0 atom stereocenters. The highest BCUT2D eigenvalue weighted by Crippen LogP contribution is 2.02. The van der Waals surface area contributed by atoms with Crippen LogP contribution in [0, 0.1) is 5.92 Å². The maximum atomic E-state index is 11.7. The number of morpholine rings is 1. The zero-order valence-corrected chi connectivity index (χ0v) is 10.4. The minimum Gasteiger partial charge on any atom is -0.378 e. The highest BCUT2D eigenvalue weighted by Gasteiger charge is 2.25. The van der Waals surface area contributed by atoms with Gasteiger partial charge in [-0.15, -0.1) is 12.4 Å². The molecule has 2 rings (SSSR count). The van der Waals surface area contributed by atoms with Gasteiger partial charge < -0.3 is 20.3 Å². The Kier molecular flexibility index (Phi) is 5.67. The van der Waals surface area contributed by atoms with Crippen molar-refractivity contribution in [2.24, 2.45) is 5.92 Å². The first-order valence-corrected chi connectivity index (χ1v) is 5.61. The molecule has 0 spiro atoms. The molecule has 2 aliphatic rings. The van der Waals surface area contributed by atoms with Crippen molar-refractivity contribution in [1.82, 2.24) is 15.5 Å². The third kappa shape index (κ3) is 3.83. The summed E-state index contributed by atoms with van der Waals surface area (Å²) < 4.78 is 5.15. The van der Waals surface area contributed by atoms with Crippen molar-refractivity contribution in [1.29, 1.82) is 0 Å². The van der Waals surface area contributed by atoms with Crippen LogP contribution in [0.5, 0.6) is 0 Å². The lowest BCUT2D eigenvalue weighted by atomic mass is 10.0. The summed E-state index contributed by atoms with van der Waals surface area (Å²) in [5, 5.41) is 5.69. The molecule has 0 unspecified atom stereocenters. The van der Waals surface area contributed by atoms with Crippen LogP contribution in [-0.2, 0) is 14.3 Å². The Hall–Kier alpha value is -0.850. The van der Waals surface area contributed by atoms with E-state index in [1.807, 2.05) is 0 Å². The lowest BCUT2D eigenvalue weighted by molar-refractivity contribution is -0.137. The van der Waals surface area contributed by atoms with E-state index in [4.69, 9.17) is 4.74 Å². The van der Waals surface area contributed by atoms with Crippen LogP contribution in [0.3, 0.4) is 0 Å². The van der Waals surface area contributed by atoms with Gasteiger partial charge in [0.15, 0.2) is 0 Å². The lowest BCUT2D eigenvalue weighted by Crippen LogP contribution is -2.53. The summed E-state index contributed by atoms with van der Waals surface area (Å²) in [6, 6.07) is 0. The second-order valence-electron chi connectivity index (χ2n) is 4.07. The summed E-state index contributed by atoms with van der Waals surface area (Å²) in [6.07, 6.45) is 0. The van der Waals surface area contributed by atoms with Crippen LogP contribution in [-0.4, -0.2) is 62.7 Å². The zero-order chi connectivity index (χ0) is 11.4. The van der Waals surface area contributed by atoms with Gasteiger partial charge in [-0.05, 0) is 0 Å². The fraction of sp³-hybridized carbons (Fsp3) is 0.800. The van der Waals surface area contributed by atoms with Crippen molar-refractivity contribution in [3.05, 3.63) is 0 Å². The standard InChI is InChI=1S/C10H17N3O3.ClH/c14-9(13-1-3-16-4-2-13)7-12-10(15)8-5-11-6-8;/h8,11H,1-7H2,(H,12,15);1H. The first kappa shape index (κ1) is 14.2. The number of ether oxygens (including phenoxy) is 1. The van der Waals surface area contributed by atoms with Gasteiger partial charge in [0, 0.05) is 26.2 Å². The summed E-state index contributed by atoms with van der Waals surface area (Å²) in [5.41, 5.74) is 0. The monoisotopic (exact) mass is 263 g/mol. The van der Waals surface area contributed by atoms with Crippen molar-refractivity contribution in [2.75, 3.05) is 45.9 Å². The number of hydrogen-bond donors (Lipinski definition) is 2. The predicted octanol–water partition coefficient (Wildman–Crippen LogP) is -1.40. The number of rotatable bonds is 3. The van der Waals surface area contributed by atoms with Gasteiger partial charge in [0.1, 0.15) is 0 Å². The van der Waals surface area contributed by atoms with Crippen LogP contribution in [0.4, 0.5) is 0 Å². The molecule has 2 N–H and O–H groups in total. The van der Waals surface area contributed by atoms with Gasteiger partial charge in [-0.25, -0.2) is 0 Å². The molecule has 2 aliphatic heterocycles. The molecule has 2 amide bonds. The van der Waals surface area contributed by atoms with E-state index in [1.54, 1.807) is 4.90 Å². The molecular weight excluding hydrogens is 246 g/mol. The van der Waals surface area contributed by atoms with Crippen molar-refractivity contribution in [2.45, 2.75) is 0 Å². The summed E-state index contributed by atoms with van der Waals surface area (Å²) in [7, 11) is 0. The van der Waals surface area contributed by atoms with Gasteiger partial charge >= 0.3 is 0 Å². The summed E-state index contributed by atoms with van der Waals surface area (Å²) in [6.45, 7) is 3.97. The number of nitrogens with one attached hydrogen (secondary N) is 2. The van der Waals surface area contributed by atoms with E-state index in [-0.39, 0.29) is 36.7 Å². The van der Waals surface area contributed by atoms with Crippen LogP contribution in [0.15, 0.2) is 0 Å².